The number of rotatable bonds is 5. The Labute approximate surface area is 127 Å². The second kappa shape index (κ2) is 4.97. The van der Waals surface area contributed by atoms with Gasteiger partial charge < -0.3 is 15.0 Å². The van der Waals surface area contributed by atoms with Crippen LogP contribution >= 0.6 is 0 Å². The van der Waals surface area contributed by atoms with E-state index < -0.39 is 11.1 Å². The molecule has 2 amide bonds. The summed E-state index contributed by atoms with van der Waals surface area (Å²) in [6.07, 6.45) is 2.74. The minimum absolute atomic E-state index is 0.00315. The van der Waals surface area contributed by atoms with Gasteiger partial charge in [-0.05, 0) is 59.8 Å². The molecule has 5 nitrogen and oxygen atoms in total. The third kappa shape index (κ3) is 2.80. The number of carbonyl (C=O) groups is 2. The largest absolute Gasteiger partial charge is 0.379 e. The van der Waals surface area contributed by atoms with Gasteiger partial charge in [0.05, 0.1) is 5.60 Å². The maximum Gasteiger partial charge on any atom is 0.248 e. The zero-order chi connectivity index (χ0) is 16.1. The summed E-state index contributed by atoms with van der Waals surface area (Å²) in [6.45, 7) is 10.0. The van der Waals surface area contributed by atoms with Crippen molar-refractivity contribution in [2.75, 3.05) is 13.7 Å². The molecule has 5 heteroatoms. The van der Waals surface area contributed by atoms with Gasteiger partial charge in [-0.25, -0.2) is 0 Å². The Bertz CT molecular complexity index is 454. The van der Waals surface area contributed by atoms with E-state index in [1.165, 1.54) is 0 Å². The minimum atomic E-state index is -0.831. The average Bonchev–Trinajstić information content (AvgIpc) is 3.20. The lowest BCUT2D eigenvalue weighted by Crippen LogP contribution is -2.74. The zero-order valence-corrected chi connectivity index (χ0v) is 14.1. The minimum Gasteiger partial charge on any atom is -0.379 e. The Hall–Kier alpha value is -1.10. The fourth-order valence-electron chi connectivity index (χ4n) is 3.00. The number of amides is 2. The number of ether oxygens (including phenoxy) is 1. The number of hydrogen-bond acceptors (Lipinski definition) is 3. The molecule has 0 spiro atoms. The third-order valence-corrected chi connectivity index (χ3v) is 5.09. The molecular formula is C16H28N2O3. The first-order valence-electron chi connectivity index (χ1n) is 7.74. The van der Waals surface area contributed by atoms with Crippen LogP contribution < -0.4 is 5.32 Å². The van der Waals surface area contributed by atoms with Gasteiger partial charge in [-0.1, -0.05) is 0 Å². The lowest BCUT2D eigenvalue weighted by molar-refractivity contribution is -0.163. The Kier molecular flexibility index (Phi) is 3.85. The quantitative estimate of drug-likeness (QED) is 0.840. The predicted octanol–water partition coefficient (Wildman–Crippen LogP) is 1.71. The van der Waals surface area contributed by atoms with Gasteiger partial charge >= 0.3 is 0 Å². The number of piperazine rings is 1. The second-order valence-corrected chi connectivity index (χ2v) is 7.67. The van der Waals surface area contributed by atoms with Crippen molar-refractivity contribution in [1.82, 2.24) is 10.2 Å². The lowest BCUT2D eigenvalue weighted by atomic mass is 9.84. The molecule has 2 aliphatic rings. The molecule has 0 bridgehead atoms. The highest BCUT2D eigenvalue weighted by Crippen LogP contribution is 2.46. The van der Waals surface area contributed by atoms with Gasteiger partial charge in [0, 0.05) is 13.7 Å². The van der Waals surface area contributed by atoms with Gasteiger partial charge in [0.1, 0.15) is 11.1 Å². The second-order valence-electron chi connectivity index (χ2n) is 7.67. The van der Waals surface area contributed by atoms with Crippen LogP contribution in [-0.4, -0.2) is 47.0 Å². The number of nitrogens with zero attached hydrogens (tertiary/aromatic N) is 1. The highest BCUT2D eigenvalue weighted by atomic mass is 16.5. The molecule has 0 aromatic rings. The summed E-state index contributed by atoms with van der Waals surface area (Å²) in [6, 6.07) is 0. The summed E-state index contributed by atoms with van der Waals surface area (Å²) >= 11 is 0. The van der Waals surface area contributed by atoms with E-state index in [9.17, 15) is 9.59 Å². The van der Waals surface area contributed by atoms with Crippen LogP contribution in [-0.2, 0) is 14.3 Å². The van der Waals surface area contributed by atoms with Gasteiger partial charge in [-0.15, -0.1) is 0 Å². The maximum atomic E-state index is 12.8. The van der Waals surface area contributed by atoms with Crippen molar-refractivity contribution in [3.8, 4) is 0 Å². The smallest absolute Gasteiger partial charge is 0.248 e. The molecule has 1 atom stereocenters. The molecule has 1 aliphatic heterocycles. The summed E-state index contributed by atoms with van der Waals surface area (Å²) in [5.74, 6) is 0.261. The van der Waals surface area contributed by atoms with E-state index >= 15 is 0 Å². The summed E-state index contributed by atoms with van der Waals surface area (Å²) in [5.41, 5.74) is -1.85. The van der Waals surface area contributed by atoms with Gasteiger partial charge in [0.2, 0.25) is 11.8 Å². The average molecular weight is 296 g/mol. The highest BCUT2D eigenvalue weighted by Gasteiger charge is 2.58. The van der Waals surface area contributed by atoms with E-state index in [-0.39, 0.29) is 23.3 Å². The first-order valence-corrected chi connectivity index (χ1v) is 7.74. The predicted molar refractivity (Wildman–Crippen MR) is 80.8 cm³/mol. The topological polar surface area (TPSA) is 58.6 Å². The molecule has 1 saturated carbocycles. The van der Waals surface area contributed by atoms with E-state index in [1.54, 1.807) is 25.9 Å². The molecule has 2 rings (SSSR count). The Balaban J connectivity index is 2.26. The van der Waals surface area contributed by atoms with Crippen LogP contribution in [0, 0.1) is 5.92 Å². The molecule has 1 aliphatic carbocycles. The van der Waals surface area contributed by atoms with Crippen molar-refractivity contribution in [2.45, 2.75) is 70.6 Å². The number of hydrogen-bond donors (Lipinski definition) is 1. The van der Waals surface area contributed by atoms with E-state index in [4.69, 9.17) is 4.74 Å². The molecule has 21 heavy (non-hydrogen) atoms. The third-order valence-electron chi connectivity index (χ3n) is 5.09. The van der Waals surface area contributed by atoms with Crippen molar-refractivity contribution in [3.63, 3.8) is 0 Å². The molecule has 0 radical (unpaired) electrons. The Morgan fingerprint density at radius 2 is 1.86 bits per heavy atom. The highest BCUT2D eigenvalue weighted by molar-refractivity contribution is 6.02. The van der Waals surface area contributed by atoms with Crippen LogP contribution in [0.4, 0.5) is 0 Å². The first kappa shape index (κ1) is 16.3. The van der Waals surface area contributed by atoms with Gasteiger partial charge in [0.25, 0.3) is 0 Å². The van der Waals surface area contributed by atoms with Gasteiger partial charge in [-0.3, -0.25) is 9.59 Å². The normalized spacial score (nSPS) is 29.5. The first-order chi connectivity index (χ1) is 9.54. The van der Waals surface area contributed by atoms with Crippen molar-refractivity contribution in [3.05, 3.63) is 0 Å². The Morgan fingerprint density at radius 3 is 2.33 bits per heavy atom. The molecule has 1 unspecified atom stereocenters. The monoisotopic (exact) mass is 296 g/mol. The molecule has 120 valence electrons. The zero-order valence-electron chi connectivity index (χ0n) is 14.1. The van der Waals surface area contributed by atoms with Crippen LogP contribution in [0.1, 0.15) is 53.9 Å². The standard InChI is InChI=1S/C16H28N2O3/c1-14(2,21-6)9-10-18-13(20)15(3,4)17-12(19)16(18,5)11-7-8-11/h11H,7-10H2,1-6H3,(H,17,19). The van der Waals surface area contributed by atoms with Crippen LogP contribution in [0.3, 0.4) is 0 Å². The Morgan fingerprint density at radius 1 is 1.29 bits per heavy atom. The number of methoxy groups -OCH3 is 1. The molecule has 1 heterocycles. The van der Waals surface area contributed by atoms with Crippen molar-refractivity contribution in [1.29, 1.82) is 0 Å². The van der Waals surface area contributed by atoms with Crippen LogP contribution in [0.5, 0.6) is 0 Å². The van der Waals surface area contributed by atoms with Gasteiger partial charge in [-0.2, -0.15) is 0 Å². The van der Waals surface area contributed by atoms with E-state index in [0.29, 0.717) is 13.0 Å². The van der Waals surface area contributed by atoms with Crippen LogP contribution in [0.15, 0.2) is 0 Å². The van der Waals surface area contributed by atoms with Crippen molar-refractivity contribution >= 4 is 11.8 Å². The fraction of sp³-hybridized carbons (Fsp3) is 0.875. The lowest BCUT2D eigenvalue weighted by Gasteiger charge is -2.50. The molecular weight excluding hydrogens is 268 g/mol. The summed E-state index contributed by atoms with van der Waals surface area (Å²) in [7, 11) is 1.68. The summed E-state index contributed by atoms with van der Waals surface area (Å²) < 4.78 is 5.45. The molecule has 2 fully saturated rings. The van der Waals surface area contributed by atoms with Crippen LogP contribution in [0.25, 0.3) is 0 Å². The molecule has 0 aromatic heterocycles. The van der Waals surface area contributed by atoms with Gasteiger partial charge in [0.15, 0.2) is 0 Å². The SMILES string of the molecule is COC(C)(C)CCN1C(=O)C(C)(C)NC(=O)C1(C)C1CC1. The van der Waals surface area contributed by atoms with Crippen molar-refractivity contribution in [2.24, 2.45) is 5.92 Å². The summed E-state index contributed by atoms with van der Waals surface area (Å²) in [4.78, 5) is 27.2. The van der Waals surface area contributed by atoms with Crippen LogP contribution in [0.2, 0.25) is 0 Å². The molecule has 1 saturated heterocycles. The number of carbonyl (C=O) groups excluding carboxylic acids is 2. The molecule has 0 aromatic carbocycles. The maximum absolute atomic E-state index is 12.8. The van der Waals surface area contributed by atoms with E-state index in [1.807, 2.05) is 20.8 Å². The number of nitrogens with one attached hydrogen (secondary N) is 1. The van der Waals surface area contributed by atoms with E-state index in [2.05, 4.69) is 5.32 Å². The van der Waals surface area contributed by atoms with E-state index in [0.717, 1.165) is 12.8 Å². The fourth-order valence-corrected chi connectivity index (χ4v) is 3.00. The molecule has 1 N–H and O–H groups in total. The van der Waals surface area contributed by atoms with Crippen molar-refractivity contribution < 1.29 is 14.3 Å². The summed E-state index contributed by atoms with van der Waals surface area (Å²) in [5, 5.41) is 2.90.